The molecule has 19 heavy (non-hydrogen) atoms. The van der Waals surface area contributed by atoms with Gasteiger partial charge >= 0.3 is 5.97 Å². The Balaban J connectivity index is 2.29. The molecular weight excluding hydrogens is 314 g/mol. The maximum atomic E-state index is 12.5. The van der Waals surface area contributed by atoms with Crippen LogP contribution in [0.4, 0.5) is 5.69 Å². The highest BCUT2D eigenvalue weighted by Gasteiger charge is 2.55. The van der Waals surface area contributed by atoms with Crippen LogP contribution < -0.4 is 4.90 Å². The van der Waals surface area contributed by atoms with Crippen LogP contribution >= 0.6 is 15.9 Å². The van der Waals surface area contributed by atoms with Crippen LogP contribution in [0.5, 0.6) is 0 Å². The molecule has 5 nitrogen and oxygen atoms in total. The Morgan fingerprint density at radius 1 is 1.37 bits per heavy atom. The van der Waals surface area contributed by atoms with Gasteiger partial charge in [-0.05, 0) is 28.1 Å². The van der Waals surface area contributed by atoms with Crippen LogP contribution in [0.3, 0.4) is 0 Å². The summed E-state index contributed by atoms with van der Waals surface area (Å²) >= 11 is 3.38. The molecule has 1 amide bonds. The highest BCUT2D eigenvalue weighted by Crippen LogP contribution is 2.34. The summed E-state index contributed by atoms with van der Waals surface area (Å²) in [7, 11) is 2.90. The van der Waals surface area contributed by atoms with Gasteiger partial charge in [-0.1, -0.05) is 12.1 Å². The number of para-hydroxylation sites is 1. The molecule has 0 unspecified atom stereocenters. The van der Waals surface area contributed by atoms with E-state index in [1.807, 2.05) is 18.2 Å². The van der Waals surface area contributed by atoms with Crippen LogP contribution in [0.15, 0.2) is 28.7 Å². The molecule has 1 aromatic carbocycles. The summed E-state index contributed by atoms with van der Waals surface area (Å²) in [5.74, 6) is -0.875. The number of hydrogen-bond acceptors (Lipinski definition) is 4. The first-order chi connectivity index (χ1) is 9.03. The molecule has 1 saturated heterocycles. The lowest BCUT2D eigenvalue weighted by Crippen LogP contribution is -2.59. The fourth-order valence-corrected chi connectivity index (χ4v) is 2.54. The van der Waals surface area contributed by atoms with E-state index in [-0.39, 0.29) is 19.1 Å². The minimum Gasteiger partial charge on any atom is -0.468 e. The van der Waals surface area contributed by atoms with Gasteiger partial charge < -0.3 is 14.4 Å². The third-order valence-electron chi connectivity index (χ3n) is 3.20. The predicted octanol–water partition coefficient (Wildman–Crippen LogP) is 1.60. The van der Waals surface area contributed by atoms with Crippen molar-refractivity contribution in [1.29, 1.82) is 0 Å². The van der Waals surface area contributed by atoms with E-state index in [4.69, 9.17) is 9.47 Å². The van der Waals surface area contributed by atoms with E-state index >= 15 is 0 Å². The minimum absolute atomic E-state index is 0.0628. The summed E-state index contributed by atoms with van der Waals surface area (Å²) < 4.78 is 10.5. The van der Waals surface area contributed by atoms with Gasteiger partial charge in [0, 0.05) is 11.5 Å². The van der Waals surface area contributed by atoms with Crippen LogP contribution in [-0.4, -0.2) is 39.2 Å². The molecule has 2 rings (SSSR count). The fraction of sp³-hybridized carbons (Fsp3) is 0.385. The Hall–Kier alpha value is -1.40. The zero-order valence-electron chi connectivity index (χ0n) is 10.7. The van der Waals surface area contributed by atoms with Crippen molar-refractivity contribution in [3.63, 3.8) is 0 Å². The number of benzene rings is 1. The van der Waals surface area contributed by atoms with Gasteiger partial charge in [0.15, 0.2) is 5.41 Å². The Labute approximate surface area is 119 Å². The van der Waals surface area contributed by atoms with Crippen molar-refractivity contribution in [2.75, 3.05) is 32.3 Å². The SMILES string of the molecule is COC(=O)C1(C(=O)N(C)c2ccccc2Br)COC1. The number of amides is 1. The van der Waals surface area contributed by atoms with Crippen LogP contribution in [0.25, 0.3) is 0 Å². The molecule has 1 heterocycles. The topological polar surface area (TPSA) is 55.8 Å². The molecule has 6 heteroatoms. The second-order valence-corrected chi connectivity index (χ2v) is 5.24. The number of nitrogens with zero attached hydrogens (tertiary/aromatic N) is 1. The van der Waals surface area contributed by atoms with E-state index in [9.17, 15) is 9.59 Å². The number of carbonyl (C=O) groups is 2. The second-order valence-electron chi connectivity index (χ2n) is 4.38. The quantitative estimate of drug-likeness (QED) is 0.625. The lowest BCUT2D eigenvalue weighted by molar-refractivity contribution is -0.186. The molecule has 0 spiro atoms. The Morgan fingerprint density at radius 2 is 2.00 bits per heavy atom. The number of methoxy groups -OCH3 is 1. The Kier molecular flexibility index (Phi) is 3.91. The number of anilines is 1. The maximum Gasteiger partial charge on any atom is 0.326 e. The van der Waals surface area contributed by atoms with Gasteiger partial charge in [0.2, 0.25) is 5.91 Å². The predicted molar refractivity (Wildman–Crippen MR) is 72.8 cm³/mol. The minimum atomic E-state index is -1.21. The smallest absolute Gasteiger partial charge is 0.326 e. The van der Waals surface area contributed by atoms with Gasteiger partial charge in [-0.15, -0.1) is 0 Å². The van der Waals surface area contributed by atoms with E-state index in [1.54, 1.807) is 13.1 Å². The molecule has 0 aromatic heterocycles. The molecule has 1 aromatic rings. The standard InChI is InChI=1S/C13H14BrNO4/c1-15(10-6-4-3-5-9(10)14)11(16)13(7-19-8-13)12(17)18-2/h3-6H,7-8H2,1-2H3. The van der Waals surface area contributed by atoms with Crippen molar-refractivity contribution < 1.29 is 19.1 Å². The van der Waals surface area contributed by atoms with Gasteiger partial charge in [-0.2, -0.15) is 0 Å². The van der Waals surface area contributed by atoms with Crippen molar-refractivity contribution in [3.05, 3.63) is 28.7 Å². The number of esters is 1. The van der Waals surface area contributed by atoms with E-state index in [0.29, 0.717) is 5.69 Å². The summed E-state index contributed by atoms with van der Waals surface area (Å²) in [6, 6.07) is 7.31. The molecule has 0 N–H and O–H groups in total. The van der Waals surface area contributed by atoms with Gasteiger partial charge in [-0.25, -0.2) is 0 Å². The normalized spacial score (nSPS) is 16.4. The van der Waals surface area contributed by atoms with E-state index in [0.717, 1.165) is 4.47 Å². The molecule has 0 bridgehead atoms. The molecule has 0 aliphatic carbocycles. The van der Waals surface area contributed by atoms with Gasteiger partial charge in [0.1, 0.15) is 0 Å². The summed E-state index contributed by atoms with van der Waals surface area (Å²) in [4.78, 5) is 25.8. The molecule has 102 valence electrons. The van der Waals surface area contributed by atoms with Crippen LogP contribution in [0.2, 0.25) is 0 Å². The summed E-state index contributed by atoms with van der Waals surface area (Å²) in [6.07, 6.45) is 0. The number of halogens is 1. The highest BCUT2D eigenvalue weighted by atomic mass is 79.9. The van der Waals surface area contributed by atoms with Gasteiger partial charge in [0.25, 0.3) is 0 Å². The number of rotatable bonds is 3. The van der Waals surface area contributed by atoms with Gasteiger partial charge in [-0.3, -0.25) is 9.59 Å². The van der Waals surface area contributed by atoms with E-state index < -0.39 is 11.4 Å². The van der Waals surface area contributed by atoms with E-state index in [1.165, 1.54) is 12.0 Å². The lowest BCUT2D eigenvalue weighted by atomic mass is 9.84. The second kappa shape index (κ2) is 5.30. The number of hydrogen-bond donors (Lipinski definition) is 0. The van der Waals surface area contributed by atoms with Crippen LogP contribution in [0, 0.1) is 5.41 Å². The molecular formula is C13H14BrNO4. The summed E-state index contributed by atoms with van der Waals surface area (Å²) in [6.45, 7) is 0.126. The molecule has 1 aliphatic heterocycles. The molecule has 0 radical (unpaired) electrons. The van der Waals surface area contributed by atoms with E-state index in [2.05, 4.69) is 15.9 Å². The van der Waals surface area contributed by atoms with Crippen molar-refractivity contribution in [2.24, 2.45) is 5.41 Å². The van der Waals surface area contributed by atoms with Crippen molar-refractivity contribution in [1.82, 2.24) is 0 Å². The lowest BCUT2D eigenvalue weighted by Gasteiger charge is -2.39. The largest absolute Gasteiger partial charge is 0.468 e. The maximum absolute atomic E-state index is 12.5. The first-order valence-corrected chi connectivity index (χ1v) is 6.51. The highest BCUT2D eigenvalue weighted by molar-refractivity contribution is 9.10. The first kappa shape index (κ1) is 14.0. The zero-order chi connectivity index (χ0) is 14.0. The molecule has 1 fully saturated rings. The third kappa shape index (κ3) is 2.26. The zero-order valence-corrected chi connectivity index (χ0v) is 12.3. The van der Waals surface area contributed by atoms with Crippen molar-refractivity contribution in [3.8, 4) is 0 Å². The van der Waals surface area contributed by atoms with Crippen molar-refractivity contribution in [2.45, 2.75) is 0 Å². The van der Waals surface area contributed by atoms with Crippen molar-refractivity contribution >= 4 is 33.5 Å². The Morgan fingerprint density at radius 3 is 2.47 bits per heavy atom. The number of ether oxygens (including phenoxy) is 2. The first-order valence-electron chi connectivity index (χ1n) is 5.72. The molecule has 1 aliphatic rings. The van der Waals surface area contributed by atoms with Crippen LogP contribution in [0.1, 0.15) is 0 Å². The van der Waals surface area contributed by atoms with Gasteiger partial charge in [0.05, 0.1) is 26.0 Å². The van der Waals surface area contributed by atoms with Crippen LogP contribution in [-0.2, 0) is 19.1 Å². The average molecular weight is 328 g/mol. The Bertz CT molecular complexity index is 513. The molecule has 0 saturated carbocycles. The summed E-state index contributed by atoms with van der Waals surface area (Å²) in [5.41, 5.74) is -0.513. The third-order valence-corrected chi connectivity index (χ3v) is 3.87. The fourth-order valence-electron chi connectivity index (χ4n) is 1.98. The summed E-state index contributed by atoms with van der Waals surface area (Å²) in [5, 5.41) is 0. The monoisotopic (exact) mass is 327 g/mol. The molecule has 0 atom stereocenters. The number of carbonyl (C=O) groups excluding carboxylic acids is 2. The average Bonchev–Trinajstić information content (AvgIpc) is 2.36.